The fourth-order valence-corrected chi connectivity index (χ4v) is 3.66. The van der Waals surface area contributed by atoms with Gasteiger partial charge >= 0.3 is 0 Å². The Kier molecular flexibility index (Phi) is 4.65. The molecule has 1 aromatic carbocycles. The summed E-state index contributed by atoms with van der Waals surface area (Å²) in [5.41, 5.74) is 1.47. The lowest BCUT2D eigenvalue weighted by molar-refractivity contribution is -0.125. The molecule has 2 aliphatic heterocycles. The number of rotatable bonds is 3. The maximum absolute atomic E-state index is 12.9. The third-order valence-electron chi connectivity index (χ3n) is 5.10. The number of nitrogens with zero attached hydrogens (tertiary/aromatic N) is 3. The topological polar surface area (TPSA) is 67.6 Å². The quantitative estimate of drug-likeness (QED) is 0.923. The molecule has 1 aromatic rings. The van der Waals surface area contributed by atoms with Gasteiger partial charge in [-0.05, 0) is 62.9 Å². The van der Waals surface area contributed by atoms with Gasteiger partial charge in [-0.2, -0.15) is 5.26 Å². The number of hydrogen-bond acceptors (Lipinski definition) is 4. The maximum atomic E-state index is 12.9. The Bertz CT molecular complexity index is 606. The van der Waals surface area contributed by atoms with Gasteiger partial charge in [0.15, 0.2) is 0 Å². The second kappa shape index (κ2) is 6.69. The predicted octanol–water partition coefficient (Wildman–Crippen LogP) is 1.76. The molecule has 0 bridgehead atoms. The fraction of sp³-hybridized carbons (Fsp3) is 0.556. The molecular formula is C18H23N3O2. The first-order valence-electron chi connectivity index (χ1n) is 8.34. The molecule has 0 spiro atoms. The summed E-state index contributed by atoms with van der Waals surface area (Å²) in [6.45, 7) is 4.25. The maximum Gasteiger partial charge on any atom is 0.244 e. The van der Waals surface area contributed by atoms with Crippen molar-refractivity contribution in [2.45, 2.75) is 38.3 Å². The number of carbonyl (C=O) groups is 1. The average molecular weight is 313 g/mol. The normalized spacial score (nSPS) is 27.0. The van der Waals surface area contributed by atoms with E-state index in [0.29, 0.717) is 5.56 Å². The van der Waals surface area contributed by atoms with Crippen molar-refractivity contribution in [3.8, 4) is 6.07 Å². The molecule has 1 N–H and O–H groups in total. The second-order valence-electron chi connectivity index (χ2n) is 6.59. The van der Waals surface area contributed by atoms with Gasteiger partial charge in [0.05, 0.1) is 23.8 Å². The van der Waals surface area contributed by atoms with Crippen molar-refractivity contribution < 1.29 is 9.90 Å². The van der Waals surface area contributed by atoms with Crippen molar-refractivity contribution in [1.29, 1.82) is 5.26 Å². The van der Waals surface area contributed by atoms with E-state index in [1.165, 1.54) is 0 Å². The Morgan fingerprint density at radius 3 is 2.61 bits per heavy atom. The molecule has 23 heavy (non-hydrogen) atoms. The highest BCUT2D eigenvalue weighted by Crippen LogP contribution is 2.28. The van der Waals surface area contributed by atoms with Crippen molar-refractivity contribution in [3.63, 3.8) is 0 Å². The highest BCUT2D eigenvalue weighted by Gasteiger charge is 2.38. The largest absolute Gasteiger partial charge is 0.393 e. The minimum Gasteiger partial charge on any atom is -0.393 e. The van der Waals surface area contributed by atoms with Crippen molar-refractivity contribution in [1.82, 2.24) is 4.90 Å². The van der Waals surface area contributed by atoms with Gasteiger partial charge < -0.3 is 10.0 Å². The van der Waals surface area contributed by atoms with E-state index >= 15 is 0 Å². The minimum absolute atomic E-state index is 0.0804. The molecule has 0 saturated carbocycles. The smallest absolute Gasteiger partial charge is 0.244 e. The molecule has 0 radical (unpaired) electrons. The molecule has 2 fully saturated rings. The SMILES string of the molecule is CC(O)C1CCN(C2CCCN(c3ccc(C#N)cc3)C2=O)C1. The van der Waals surface area contributed by atoms with Crippen LogP contribution in [-0.4, -0.2) is 47.7 Å². The Balaban J connectivity index is 1.72. The van der Waals surface area contributed by atoms with Crippen molar-refractivity contribution in [2.24, 2.45) is 5.92 Å². The Labute approximate surface area is 137 Å². The van der Waals surface area contributed by atoms with Gasteiger partial charge in [-0.1, -0.05) is 0 Å². The van der Waals surface area contributed by atoms with E-state index in [0.717, 1.165) is 44.6 Å². The van der Waals surface area contributed by atoms with Crippen LogP contribution >= 0.6 is 0 Å². The Hall–Kier alpha value is -1.90. The van der Waals surface area contributed by atoms with Gasteiger partial charge in [0, 0.05) is 18.8 Å². The molecule has 2 aliphatic rings. The third-order valence-corrected chi connectivity index (χ3v) is 5.10. The van der Waals surface area contributed by atoms with E-state index in [9.17, 15) is 9.90 Å². The average Bonchev–Trinajstić information content (AvgIpc) is 3.05. The van der Waals surface area contributed by atoms with Crippen molar-refractivity contribution >= 4 is 11.6 Å². The Morgan fingerprint density at radius 1 is 1.26 bits per heavy atom. The molecular weight excluding hydrogens is 290 g/mol. The van der Waals surface area contributed by atoms with Gasteiger partial charge in [-0.15, -0.1) is 0 Å². The number of anilines is 1. The molecule has 122 valence electrons. The van der Waals surface area contributed by atoms with Gasteiger partial charge in [-0.3, -0.25) is 9.69 Å². The number of carbonyl (C=O) groups excluding carboxylic acids is 1. The summed E-state index contributed by atoms with van der Waals surface area (Å²) in [4.78, 5) is 17.0. The molecule has 0 aliphatic carbocycles. The van der Waals surface area contributed by atoms with Crippen molar-refractivity contribution in [3.05, 3.63) is 29.8 Å². The second-order valence-corrected chi connectivity index (χ2v) is 6.59. The van der Waals surface area contributed by atoms with E-state index in [2.05, 4.69) is 11.0 Å². The molecule has 2 saturated heterocycles. The minimum atomic E-state index is -0.312. The van der Waals surface area contributed by atoms with Crippen LogP contribution in [0.2, 0.25) is 0 Å². The van der Waals surface area contributed by atoms with Crippen LogP contribution < -0.4 is 4.90 Å². The number of aliphatic hydroxyl groups is 1. The van der Waals surface area contributed by atoms with Crippen LogP contribution in [0.4, 0.5) is 5.69 Å². The fourth-order valence-electron chi connectivity index (χ4n) is 3.66. The van der Waals surface area contributed by atoms with Crippen LogP contribution in [0.15, 0.2) is 24.3 Å². The molecule has 3 rings (SSSR count). The zero-order valence-electron chi connectivity index (χ0n) is 13.5. The number of benzene rings is 1. The summed E-state index contributed by atoms with van der Waals surface area (Å²) in [6.07, 6.45) is 2.51. The van der Waals surface area contributed by atoms with Gasteiger partial charge in [0.2, 0.25) is 5.91 Å². The summed E-state index contributed by atoms with van der Waals surface area (Å²) in [7, 11) is 0. The molecule has 3 unspecified atom stereocenters. The van der Waals surface area contributed by atoms with Crippen LogP contribution in [0.5, 0.6) is 0 Å². The van der Waals surface area contributed by atoms with E-state index in [4.69, 9.17) is 5.26 Å². The lowest BCUT2D eigenvalue weighted by atomic mass is 10.0. The number of nitriles is 1. The number of hydrogen-bond donors (Lipinski definition) is 1. The first-order chi connectivity index (χ1) is 11.1. The molecule has 0 aromatic heterocycles. The first kappa shape index (κ1) is 16.0. The number of amides is 1. The summed E-state index contributed by atoms with van der Waals surface area (Å²) >= 11 is 0. The van der Waals surface area contributed by atoms with Crippen LogP contribution in [0.1, 0.15) is 31.7 Å². The van der Waals surface area contributed by atoms with E-state index < -0.39 is 0 Å². The molecule has 3 atom stereocenters. The van der Waals surface area contributed by atoms with E-state index in [1.807, 2.05) is 24.0 Å². The first-order valence-corrected chi connectivity index (χ1v) is 8.34. The van der Waals surface area contributed by atoms with Gasteiger partial charge in [-0.25, -0.2) is 0 Å². The zero-order valence-corrected chi connectivity index (χ0v) is 13.5. The van der Waals surface area contributed by atoms with Gasteiger partial charge in [0.1, 0.15) is 0 Å². The van der Waals surface area contributed by atoms with Crippen LogP contribution in [-0.2, 0) is 4.79 Å². The monoisotopic (exact) mass is 313 g/mol. The Morgan fingerprint density at radius 2 is 2.00 bits per heavy atom. The molecule has 2 heterocycles. The molecule has 1 amide bonds. The summed E-state index contributed by atoms with van der Waals surface area (Å²) in [5, 5.41) is 18.7. The number of piperidine rings is 1. The van der Waals surface area contributed by atoms with Crippen LogP contribution in [0.3, 0.4) is 0 Å². The summed E-state index contributed by atoms with van der Waals surface area (Å²) in [5.74, 6) is 0.417. The predicted molar refractivity (Wildman–Crippen MR) is 87.9 cm³/mol. The summed E-state index contributed by atoms with van der Waals surface area (Å²) in [6, 6.07) is 9.23. The third kappa shape index (κ3) is 3.24. The van der Waals surface area contributed by atoms with Crippen LogP contribution in [0, 0.1) is 17.2 Å². The number of aliphatic hydroxyl groups excluding tert-OH is 1. The van der Waals surface area contributed by atoms with Gasteiger partial charge in [0.25, 0.3) is 0 Å². The lowest BCUT2D eigenvalue weighted by Crippen LogP contribution is -2.52. The van der Waals surface area contributed by atoms with E-state index in [-0.39, 0.29) is 24.0 Å². The number of likely N-dealkylation sites (tertiary alicyclic amines) is 1. The lowest BCUT2D eigenvalue weighted by Gasteiger charge is -2.37. The standard InChI is InChI=1S/C18H23N3O2/c1-13(22)15-8-10-20(12-15)17-3-2-9-21(18(17)23)16-6-4-14(11-19)5-7-16/h4-7,13,15,17,22H,2-3,8-10,12H2,1H3. The summed E-state index contributed by atoms with van der Waals surface area (Å²) < 4.78 is 0. The van der Waals surface area contributed by atoms with Crippen molar-refractivity contribution in [2.75, 3.05) is 24.5 Å². The highest BCUT2D eigenvalue weighted by molar-refractivity contribution is 5.98. The molecule has 5 nitrogen and oxygen atoms in total. The molecule has 5 heteroatoms. The van der Waals surface area contributed by atoms with E-state index in [1.54, 1.807) is 12.1 Å². The van der Waals surface area contributed by atoms with Crippen LogP contribution in [0.25, 0.3) is 0 Å². The zero-order chi connectivity index (χ0) is 16.4. The highest BCUT2D eigenvalue weighted by atomic mass is 16.3.